The van der Waals surface area contributed by atoms with Crippen molar-refractivity contribution >= 4 is 12.6 Å². The van der Waals surface area contributed by atoms with Gasteiger partial charge >= 0.3 is 7.12 Å². The largest absolute Gasteiger partial charge is 0.563 e. The molecule has 0 unspecified atom stereocenters. The van der Waals surface area contributed by atoms with Gasteiger partial charge in [-0.1, -0.05) is 30.8 Å². The number of pyridine rings is 2. The zero-order valence-corrected chi connectivity index (χ0v) is 14.8. The Morgan fingerprint density at radius 2 is 1.46 bits per heavy atom. The highest BCUT2D eigenvalue weighted by atomic mass is 16.7. The van der Waals surface area contributed by atoms with E-state index in [1.165, 1.54) is 0 Å². The Bertz CT molecular complexity index is 885. The average Bonchev–Trinajstić information content (AvgIpc) is 2.96. The van der Waals surface area contributed by atoms with Crippen LogP contribution in [0.5, 0.6) is 0 Å². The van der Waals surface area contributed by atoms with Gasteiger partial charge in [-0.15, -0.1) is 0 Å². The fraction of sp³-hybridized carbons (Fsp3) is 0.143. The summed E-state index contributed by atoms with van der Waals surface area (Å²) in [5.74, 6) is 0.630. The van der Waals surface area contributed by atoms with Gasteiger partial charge in [-0.05, 0) is 49.6 Å². The van der Waals surface area contributed by atoms with Gasteiger partial charge in [0.2, 0.25) is 0 Å². The summed E-state index contributed by atoms with van der Waals surface area (Å²) in [5, 5.41) is 0. The maximum atomic E-state index is 6.07. The van der Waals surface area contributed by atoms with Crippen LogP contribution in [-0.2, 0) is 9.31 Å². The quantitative estimate of drug-likeness (QED) is 0.679. The van der Waals surface area contributed by atoms with Crippen LogP contribution in [-0.4, -0.2) is 22.7 Å². The van der Waals surface area contributed by atoms with Crippen LogP contribution in [0.3, 0.4) is 0 Å². The molecular formula is C21H19BN2O2. The molecule has 0 bridgehead atoms. The third-order valence-electron chi connectivity index (χ3n) is 4.47. The zero-order chi connectivity index (χ0) is 18.1. The molecule has 0 aliphatic carbocycles. The first-order valence-corrected chi connectivity index (χ1v) is 8.54. The smallest absolute Gasteiger partial charge is 0.534 e. The molecule has 0 radical (unpaired) electrons. The molecule has 1 saturated heterocycles. The Labute approximate surface area is 153 Å². The average molecular weight is 342 g/mol. The molecule has 0 saturated carbocycles. The van der Waals surface area contributed by atoms with Crippen LogP contribution >= 0.6 is 0 Å². The van der Waals surface area contributed by atoms with Crippen molar-refractivity contribution in [1.29, 1.82) is 0 Å². The summed E-state index contributed by atoms with van der Waals surface area (Å²) in [4.78, 5) is 8.95. The predicted octanol–water partition coefficient (Wildman–Crippen LogP) is 3.84. The van der Waals surface area contributed by atoms with Gasteiger partial charge in [-0.25, -0.2) is 0 Å². The predicted molar refractivity (Wildman–Crippen MR) is 104 cm³/mol. The normalized spacial score (nSPS) is 15.8. The van der Waals surface area contributed by atoms with Crippen molar-refractivity contribution in [1.82, 2.24) is 9.97 Å². The number of hydrogen-bond donors (Lipinski definition) is 0. The molecule has 26 heavy (non-hydrogen) atoms. The molecule has 128 valence electrons. The van der Waals surface area contributed by atoms with Gasteiger partial charge in [0.05, 0.1) is 17.1 Å². The molecule has 0 amide bonds. The molecule has 1 aliphatic heterocycles. The van der Waals surface area contributed by atoms with E-state index in [0.29, 0.717) is 5.76 Å². The van der Waals surface area contributed by atoms with E-state index in [1.54, 1.807) is 12.4 Å². The first-order chi connectivity index (χ1) is 12.5. The minimum absolute atomic E-state index is 0.497. The van der Waals surface area contributed by atoms with E-state index in [0.717, 1.165) is 28.0 Å². The Hall–Kier alpha value is -2.92. The van der Waals surface area contributed by atoms with Crippen LogP contribution in [0.2, 0.25) is 0 Å². The van der Waals surface area contributed by atoms with E-state index < -0.39 is 12.7 Å². The number of aromatic nitrogens is 2. The third kappa shape index (κ3) is 3.14. The zero-order valence-electron chi connectivity index (χ0n) is 14.8. The number of benzene rings is 1. The van der Waals surface area contributed by atoms with Gasteiger partial charge in [0, 0.05) is 23.5 Å². The van der Waals surface area contributed by atoms with Crippen molar-refractivity contribution in [2.24, 2.45) is 0 Å². The number of hydrogen-bond acceptors (Lipinski definition) is 4. The molecule has 1 aliphatic rings. The second-order valence-electron chi connectivity index (χ2n) is 6.77. The molecule has 1 aromatic carbocycles. The second kappa shape index (κ2) is 6.43. The summed E-state index contributed by atoms with van der Waals surface area (Å²) < 4.78 is 12.0. The summed E-state index contributed by atoms with van der Waals surface area (Å²) in [6.07, 6.45) is 3.58. The third-order valence-corrected chi connectivity index (χ3v) is 4.47. The minimum Gasteiger partial charge on any atom is -0.534 e. The Morgan fingerprint density at radius 3 is 1.88 bits per heavy atom. The van der Waals surface area contributed by atoms with Gasteiger partial charge in [0.25, 0.3) is 0 Å². The van der Waals surface area contributed by atoms with Crippen molar-refractivity contribution in [3.63, 3.8) is 0 Å². The number of nitrogens with zero attached hydrogens (tertiary/aromatic N) is 2. The topological polar surface area (TPSA) is 44.2 Å². The molecule has 0 N–H and O–H groups in total. The maximum Gasteiger partial charge on any atom is 0.563 e. The van der Waals surface area contributed by atoms with E-state index in [9.17, 15) is 0 Å². The van der Waals surface area contributed by atoms with E-state index in [-0.39, 0.29) is 0 Å². The standard InChI is InChI=1S/C21H19BN2O2/c1-15-21(2,3)26-22(25-15)18-13-16(19-8-4-6-10-23-19)12-17(14-18)20-9-5-7-11-24-20/h4-14H,1H2,2-3H3. The molecular weight excluding hydrogens is 323 g/mol. The second-order valence-corrected chi connectivity index (χ2v) is 6.77. The van der Waals surface area contributed by atoms with Crippen LogP contribution in [0, 0.1) is 0 Å². The first kappa shape index (κ1) is 16.5. The molecule has 2 aromatic heterocycles. The van der Waals surface area contributed by atoms with Crippen molar-refractivity contribution < 1.29 is 9.31 Å². The highest BCUT2D eigenvalue weighted by molar-refractivity contribution is 6.62. The van der Waals surface area contributed by atoms with E-state index in [2.05, 4.69) is 22.6 Å². The molecule has 5 heteroatoms. The van der Waals surface area contributed by atoms with Crippen molar-refractivity contribution in [3.8, 4) is 22.5 Å². The van der Waals surface area contributed by atoms with Gasteiger partial charge in [-0.2, -0.15) is 0 Å². The Morgan fingerprint density at radius 1 is 0.885 bits per heavy atom. The van der Waals surface area contributed by atoms with Crippen LogP contribution < -0.4 is 5.46 Å². The van der Waals surface area contributed by atoms with E-state index in [4.69, 9.17) is 9.31 Å². The van der Waals surface area contributed by atoms with E-state index >= 15 is 0 Å². The lowest BCUT2D eigenvalue weighted by Crippen LogP contribution is -2.34. The lowest BCUT2D eigenvalue weighted by molar-refractivity contribution is 0.173. The van der Waals surface area contributed by atoms with Crippen LogP contribution in [0.25, 0.3) is 22.5 Å². The van der Waals surface area contributed by atoms with Crippen molar-refractivity contribution in [2.75, 3.05) is 0 Å². The van der Waals surface area contributed by atoms with Gasteiger partial charge < -0.3 is 9.31 Å². The lowest BCUT2D eigenvalue weighted by Gasteiger charge is -2.16. The Balaban J connectivity index is 1.83. The molecule has 0 spiro atoms. The van der Waals surface area contributed by atoms with Crippen LogP contribution in [0.1, 0.15) is 13.8 Å². The minimum atomic E-state index is -0.517. The van der Waals surface area contributed by atoms with E-state index in [1.807, 2.05) is 62.4 Å². The highest BCUT2D eigenvalue weighted by Crippen LogP contribution is 2.31. The van der Waals surface area contributed by atoms with Gasteiger partial charge in [0.1, 0.15) is 5.60 Å². The number of rotatable bonds is 3. The van der Waals surface area contributed by atoms with Crippen molar-refractivity contribution in [3.05, 3.63) is 79.3 Å². The molecule has 4 rings (SSSR count). The first-order valence-electron chi connectivity index (χ1n) is 8.54. The maximum absolute atomic E-state index is 6.07. The molecule has 3 heterocycles. The van der Waals surface area contributed by atoms with Crippen LogP contribution in [0.15, 0.2) is 79.3 Å². The monoisotopic (exact) mass is 342 g/mol. The fourth-order valence-corrected chi connectivity index (χ4v) is 2.92. The van der Waals surface area contributed by atoms with Crippen LogP contribution in [0.4, 0.5) is 0 Å². The fourth-order valence-electron chi connectivity index (χ4n) is 2.92. The molecule has 3 aromatic rings. The molecule has 1 fully saturated rings. The Kier molecular flexibility index (Phi) is 4.09. The SMILES string of the molecule is C=C1OB(c2cc(-c3ccccn3)cc(-c3ccccn3)c2)OC1(C)C. The molecule has 4 nitrogen and oxygen atoms in total. The summed E-state index contributed by atoms with van der Waals surface area (Å²) in [7, 11) is -0.497. The van der Waals surface area contributed by atoms with Gasteiger partial charge in [-0.3, -0.25) is 9.97 Å². The molecule has 0 atom stereocenters. The summed E-state index contributed by atoms with van der Waals surface area (Å²) >= 11 is 0. The lowest BCUT2D eigenvalue weighted by atomic mass is 9.77. The van der Waals surface area contributed by atoms with Gasteiger partial charge in [0.15, 0.2) is 0 Å². The summed E-state index contributed by atoms with van der Waals surface area (Å²) in [6, 6.07) is 17.9. The summed E-state index contributed by atoms with van der Waals surface area (Å²) in [6.45, 7) is 7.88. The van der Waals surface area contributed by atoms with Crippen molar-refractivity contribution in [2.45, 2.75) is 19.4 Å². The highest BCUT2D eigenvalue weighted by Gasteiger charge is 2.43. The summed E-state index contributed by atoms with van der Waals surface area (Å²) in [5.41, 5.74) is 4.17.